The molecule has 15 nitrogen and oxygen atoms in total. The molecule has 4 rings (SSSR count). The Morgan fingerprint density at radius 2 is 1.58 bits per heavy atom. The molecule has 55 heavy (non-hydrogen) atoms. The maximum Gasteiger partial charge on any atom is 0.472 e. The third-order valence-corrected chi connectivity index (χ3v) is 10.8. The Kier molecular flexibility index (Phi) is 20.0. The second kappa shape index (κ2) is 24.6. The van der Waals surface area contributed by atoms with Gasteiger partial charge in [-0.2, -0.15) is 10.4 Å². The first-order valence-corrected chi connectivity index (χ1v) is 21.5. The summed E-state index contributed by atoms with van der Waals surface area (Å²) in [4.78, 5) is 18.5. The van der Waals surface area contributed by atoms with Crippen molar-refractivity contribution in [3.8, 4) is 6.07 Å². The Balaban J connectivity index is 1.14. The zero-order valence-electron chi connectivity index (χ0n) is 32.3. The van der Waals surface area contributed by atoms with Crippen LogP contribution in [0.25, 0.3) is 5.52 Å². The number of aliphatic hydroxyl groups excluding tert-OH is 2. The number of phosphoric acid groups is 1. The quantitative estimate of drug-likeness (QED) is 0.0424. The van der Waals surface area contributed by atoms with E-state index in [1.807, 2.05) is 6.07 Å². The summed E-state index contributed by atoms with van der Waals surface area (Å²) in [5, 5.41) is 34.8. The standard InChI is InChI=1S/C39H61N6O9P/c1-2-3-4-5-6-7-8-9-10-11-12-13-14-15-16-17-20-50-26-32(51-25-31-21-30(22-40)23-42-24-31)27-52-55(48,49)53-28-35-36(46)37(47)38(54-35)33-18-19-34-39(41)43-29-44-45(33)34/h18-19,21,23-24,29,32,35-38,46-47H,2-17,20,25-28H2,1H3,(H,48,49)(H2,41,43,44)/t32-,35-,36-,37-,38+/m1/s1. The van der Waals surface area contributed by atoms with Gasteiger partial charge in [-0.25, -0.2) is 14.1 Å². The van der Waals surface area contributed by atoms with E-state index in [2.05, 4.69) is 22.0 Å². The van der Waals surface area contributed by atoms with Crippen LogP contribution >= 0.6 is 7.82 Å². The topological polar surface area (TPSA) is 217 Å². The van der Waals surface area contributed by atoms with Gasteiger partial charge in [-0.1, -0.05) is 103 Å². The molecule has 0 radical (unpaired) electrons. The highest BCUT2D eigenvalue weighted by Gasteiger charge is 2.45. The Labute approximate surface area is 325 Å². The van der Waals surface area contributed by atoms with Gasteiger partial charge in [0.15, 0.2) is 5.82 Å². The van der Waals surface area contributed by atoms with Crippen LogP contribution in [0.5, 0.6) is 0 Å². The molecule has 0 bridgehead atoms. The fraction of sp³-hybridized carbons (Fsp3) is 0.692. The second-order valence-corrected chi connectivity index (χ2v) is 15.8. The third kappa shape index (κ3) is 15.4. The number of fused-ring (bicyclic) bond motifs is 1. The van der Waals surface area contributed by atoms with Crippen LogP contribution in [0, 0.1) is 11.3 Å². The number of pyridine rings is 1. The molecular weight excluding hydrogens is 727 g/mol. The Morgan fingerprint density at radius 3 is 2.24 bits per heavy atom. The van der Waals surface area contributed by atoms with Crippen molar-refractivity contribution < 1.29 is 42.9 Å². The van der Waals surface area contributed by atoms with Gasteiger partial charge in [0.1, 0.15) is 48.4 Å². The first-order valence-electron chi connectivity index (χ1n) is 20.0. The average molecular weight is 789 g/mol. The highest BCUT2D eigenvalue weighted by molar-refractivity contribution is 7.47. The summed E-state index contributed by atoms with van der Waals surface area (Å²) < 4.78 is 42.5. The molecule has 0 aliphatic carbocycles. The molecule has 306 valence electrons. The number of ether oxygens (including phenoxy) is 3. The molecule has 1 aliphatic rings. The Bertz CT molecular complexity index is 1620. The van der Waals surface area contributed by atoms with Crippen LogP contribution in [0.2, 0.25) is 0 Å². The number of anilines is 1. The molecule has 1 fully saturated rings. The smallest absolute Gasteiger partial charge is 0.387 e. The third-order valence-electron chi connectivity index (χ3n) is 9.85. The van der Waals surface area contributed by atoms with E-state index in [1.165, 1.54) is 101 Å². The zero-order chi connectivity index (χ0) is 39.3. The van der Waals surface area contributed by atoms with E-state index < -0.39 is 44.9 Å². The van der Waals surface area contributed by atoms with Gasteiger partial charge in [0, 0.05) is 19.0 Å². The molecule has 6 atom stereocenters. The number of hydrogen-bond acceptors (Lipinski definition) is 13. The molecule has 1 unspecified atom stereocenters. The highest BCUT2D eigenvalue weighted by atomic mass is 31.2. The van der Waals surface area contributed by atoms with Crippen LogP contribution in [-0.2, 0) is 34.4 Å². The molecule has 0 spiro atoms. The first-order chi connectivity index (χ1) is 26.7. The van der Waals surface area contributed by atoms with E-state index in [1.54, 1.807) is 24.4 Å². The van der Waals surface area contributed by atoms with Crippen molar-refractivity contribution in [1.82, 2.24) is 19.6 Å². The molecule has 3 aromatic rings. The summed E-state index contributed by atoms with van der Waals surface area (Å²) in [7, 11) is -4.66. The number of nitrogens with zero attached hydrogens (tertiary/aromatic N) is 5. The van der Waals surface area contributed by atoms with Gasteiger partial charge < -0.3 is 35.1 Å². The van der Waals surface area contributed by atoms with E-state index in [4.69, 9.17) is 29.0 Å². The van der Waals surface area contributed by atoms with Crippen molar-refractivity contribution >= 4 is 19.2 Å². The maximum atomic E-state index is 12.9. The predicted molar refractivity (Wildman–Crippen MR) is 207 cm³/mol. The van der Waals surface area contributed by atoms with Gasteiger partial charge in [0.05, 0.1) is 37.7 Å². The molecule has 0 aromatic carbocycles. The molecule has 16 heteroatoms. The number of aromatic nitrogens is 4. The molecule has 1 aliphatic heterocycles. The van der Waals surface area contributed by atoms with Crippen molar-refractivity contribution in [3.63, 3.8) is 0 Å². The summed E-state index contributed by atoms with van der Waals surface area (Å²) in [6.45, 7) is 2.05. The Morgan fingerprint density at radius 1 is 0.927 bits per heavy atom. The predicted octanol–water partition coefficient (Wildman–Crippen LogP) is 6.74. The number of aliphatic hydroxyl groups is 2. The van der Waals surface area contributed by atoms with E-state index in [9.17, 15) is 24.9 Å². The van der Waals surface area contributed by atoms with Crippen LogP contribution in [0.1, 0.15) is 133 Å². The van der Waals surface area contributed by atoms with Crippen LogP contribution in [0.3, 0.4) is 0 Å². The number of nitrogen functional groups attached to an aromatic ring is 1. The van der Waals surface area contributed by atoms with Crippen molar-refractivity contribution in [2.45, 2.75) is 147 Å². The lowest BCUT2D eigenvalue weighted by Crippen LogP contribution is -2.33. The van der Waals surface area contributed by atoms with Crippen molar-refractivity contribution in [2.75, 3.05) is 32.2 Å². The number of phosphoric ester groups is 1. The van der Waals surface area contributed by atoms with Crippen LogP contribution in [0.4, 0.5) is 5.82 Å². The number of nitrogens with two attached hydrogens (primary N) is 1. The minimum atomic E-state index is -4.66. The second-order valence-electron chi connectivity index (χ2n) is 14.3. The summed E-state index contributed by atoms with van der Waals surface area (Å²) in [6, 6.07) is 6.99. The lowest BCUT2D eigenvalue weighted by Gasteiger charge is -2.21. The summed E-state index contributed by atoms with van der Waals surface area (Å²) >= 11 is 0. The molecule has 3 aromatic heterocycles. The summed E-state index contributed by atoms with van der Waals surface area (Å²) in [5.74, 6) is 0.229. The van der Waals surface area contributed by atoms with Gasteiger partial charge in [-0.3, -0.25) is 14.0 Å². The van der Waals surface area contributed by atoms with E-state index in [0.717, 1.165) is 19.3 Å². The van der Waals surface area contributed by atoms with Gasteiger partial charge in [-0.15, -0.1) is 0 Å². The SMILES string of the molecule is CCCCCCCCCCCCCCCCCCOC[C@H](COP(=O)(O)OC[C@H]1O[C@@H](c2ccc3c(N)ncnn23)[C@H](O)[C@@H]1O)OCc1cncc(C#N)c1. The van der Waals surface area contributed by atoms with Gasteiger partial charge >= 0.3 is 7.82 Å². The largest absolute Gasteiger partial charge is 0.472 e. The number of rotatable bonds is 29. The van der Waals surface area contributed by atoms with Crippen LogP contribution in [-0.4, -0.2) is 85.5 Å². The van der Waals surface area contributed by atoms with E-state index >= 15 is 0 Å². The lowest BCUT2D eigenvalue weighted by molar-refractivity contribution is -0.0556. The number of unbranched alkanes of at least 4 members (excludes halogenated alkanes) is 15. The van der Waals surface area contributed by atoms with Crippen molar-refractivity contribution in [1.29, 1.82) is 5.26 Å². The molecule has 4 heterocycles. The first kappa shape index (κ1) is 44.7. The lowest BCUT2D eigenvalue weighted by atomic mass is 10.0. The van der Waals surface area contributed by atoms with Crippen molar-refractivity contribution in [3.05, 3.63) is 53.7 Å². The van der Waals surface area contributed by atoms with E-state index in [0.29, 0.717) is 28.9 Å². The fourth-order valence-electron chi connectivity index (χ4n) is 6.65. The van der Waals surface area contributed by atoms with Gasteiger partial charge in [-0.05, 0) is 30.2 Å². The maximum absolute atomic E-state index is 12.9. The van der Waals surface area contributed by atoms with Gasteiger partial charge in [0.2, 0.25) is 0 Å². The van der Waals surface area contributed by atoms with Crippen LogP contribution < -0.4 is 5.73 Å². The average Bonchev–Trinajstić information content (AvgIpc) is 3.74. The highest BCUT2D eigenvalue weighted by Crippen LogP contribution is 2.45. The summed E-state index contributed by atoms with van der Waals surface area (Å²) in [6.07, 6.45) is 19.1. The monoisotopic (exact) mass is 788 g/mol. The van der Waals surface area contributed by atoms with E-state index in [-0.39, 0.29) is 25.6 Å². The molecule has 1 saturated heterocycles. The minimum Gasteiger partial charge on any atom is -0.387 e. The normalized spacial score (nSPS) is 20.1. The fourth-order valence-corrected chi connectivity index (χ4v) is 7.42. The minimum absolute atomic E-state index is 0.0713. The number of nitriles is 1. The Hall–Kier alpha value is -3.03. The molecular formula is C39H61N6O9P. The molecule has 0 amide bonds. The summed E-state index contributed by atoms with van der Waals surface area (Å²) in [5.41, 5.74) is 7.85. The van der Waals surface area contributed by atoms with Crippen molar-refractivity contribution in [2.24, 2.45) is 0 Å². The number of hydrogen-bond donors (Lipinski definition) is 4. The van der Waals surface area contributed by atoms with Gasteiger partial charge in [0.25, 0.3) is 0 Å². The molecule has 5 N–H and O–H groups in total. The molecule has 0 saturated carbocycles. The zero-order valence-corrected chi connectivity index (χ0v) is 33.1. The van der Waals surface area contributed by atoms with Crippen LogP contribution in [0.15, 0.2) is 36.9 Å².